The van der Waals surface area contributed by atoms with E-state index in [1.165, 1.54) is 7.11 Å². The van der Waals surface area contributed by atoms with Gasteiger partial charge in [-0.25, -0.2) is 0 Å². The Bertz CT molecular complexity index is 1410. The highest BCUT2D eigenvalue weighted by Gasteiger charge is 2.43. The van der Waals surface area contributed by atoms with E-state index < -0.39 is 54.1 Å². The van der Waals surface area contributed by atoms with Gasteiger partial charge in [-0.05, 0) is 57.4 Å². The second kappa shape index (κ2) is 23.8. The normalized spacial score (nSPS) is 21.9. The third kappa shape index (κ3) is 13.2. The molecule has 0 bridgehead atoms. The summed E-state index contributed by atoms with van der Waals surface area (Å²) in [5.41, 5.74) is 0. The lowest BCUT2D eigenvalue weighted by molar-refractivity contribution is -0.149. The molecule has 4 amide bonds. The van der Waals surface area contributed by atoms with Gasteiger partial charge >= 0.3 is 0 Å². The number of likely N-dealkylation sites (N-methyl/N-ethyl adjacent to an activating group) is 2. The van der Waals surface area contributed by atoms with Crippen LogP contribution in [0.3, 0.4) is 0 Å². The number of hydrogen-bond acceptors (Lipinski definition) is 12. The quantitative estimate of drug-likeness (QED) is 0.0571. The third-order valence-corrected chi connectivity index (χ3v) is 12.5. The molecule has 2 fully saturated rings. The van der Waals surface area contributed by atoms with Crippen molar-refractivity contribution in [1.29, 1.82) is 0 Å². The van der Waals surface area contributed by atoms with Crippen molar-refractivity contribution >= 4 is 61.4 Å². The van der Waals surface area contributed by atoms with E-state index in [4.69, 9.17) is 10.8 Å². The number of ether oxygens (including phenoxy) is 2. The molecule has 57 heavy (non-hydrogen) atoms. The summed E-state index contributed by atoms with van der Waals surface area (Å²) in [6.07, 6.45) is 1.96. The molecule has 2 aliphatic rings. The van der Waals surface area contributed by atoms with Crippen molar-refractivity contribution in [2.24, 2.45) is 29.6 Å². The molecule has 0 aromatic rings. The van der Waals surface area contributed by atoms with Crippen LogP contribution in [0.15, 0.2) is 0 Å². The van der Waals surface area contributed by atoms with Crippen LogP contribution in [0, 0.1) is 29.6 Å². The molecule has 16 heteroatoms. The Kier molecular flexibility index (Phi) is 20.4. The summed E-state index contributed by atoms with van der Waals surface area (Å²) in [6.45, 7) is 13.7. The highest BCUT2D eigenvalue weighted by molar-refractivity contribution is 7.80. The van der Waals surface area contributed by atoms with Crippen molar-refractivity contribution in [2.75, 3.05) is 53.5 Å². The maximum Gasteiger partial charge on any atom is 0.246 e. The molecule has 0 aliphatic carbocycles. The first kappa shape index (κ1) is 48.7. The number of ketones is 2. The van der Waals surface area contributed by atoms with Crippen molar-refractivity contribution in [3.63, 3.8) is 0 Å². The largest absolute Gasteiger partial charge is 0.379 e. The Morgan fingerprint density at radius 3 is 2.25 bits per heavy atom. The van der Waals surface area contributed by atoms with Gasteiger partial charge in [0, 0.05) is 53.2 Å². The van der Waals surface area contributed by atoms with Gasteiger partial charge in [-0.3, -0.25) is 39.0 Å². The Labute approximate surface area is 349 Å². The summed E-state index contributed by atoms with van der Waals surface area (Å²) in [5, 5.41) is 2.88. The van der Waals surface area contributed by atoms with Crippen LogP contribution in [0.25, 0.3) is 0 Å². The first-order chi connectivity index (χ1) is 27.3. The number of thiol groups is 1. The number of imide groups is 1. The van der Waals surface area contributed by atoms with E-state index in [1.54, 1.807) is 38.2 Å². The average molecular weight is 822 g/mol. The number of carbonyl (C=O) groups is 7. The molecule has 323 valence electrons. The molecular formula is C41H71BN5O9S. The van der Waals surface area contributed by atoms with Crippen LogP contribution < -0.4 is 5.32 Å². The lowest BCUT2D eigenvalue weighted by Crippen LogP contribution is -2.54. The number of nitrogens with one attached hydrogen (secondary N) is 1. The lowest BCUT2D eigenvalue weighted by Gasteiger charge is -2.41. The van der Waals surface area contributed by atoms with E-state index in [0.29, 0.717) is 32.1 Å². The summed E-state index contributed by atoms with van der Waals surface area (Å²) in [5.74, 6) is -2.76. The fraction of sp³-hybridized carbons (Fsp3) is 0.829. The zero-order valence-corrected chi connectivity index (χ0v) is 37.2. The fourth-order valence-electron chi connectivity index (χ4n) is 8.58. The van der Waals surface area contributed by atoms with Gasteiger partial charge in [0.1, 0.15) is 12.1 Å². The molecule has 0 aromatic carbocycles. The van der Waals surface area contributed by atoms with Crippen LogP contribution in [0.5, 0.6) is 0 Å². The maximum atomic E-state index is 14.5. The van der Waals surface area contributed by atoms with Gasteiger partial charge in [0.2, 0.25) is 23.6 Å². The molecule has 2 heterocycles. The maximum absolute atomic E-state index is 14.5. The molecule has 2 rings (SSSR count). The molecule has 1 radical (unpaired) electrons. The zero-order chi connectivity index (χ0) is 44.0. The number of nitrogens with zero attached hydrogens (tertiary/aromatic N) is 4. The second-order valence-electron chi connectivity index (χ2n) is 16.7. The highest BCUT2D eigenvalue weighted by Crippen LogP contribution is 2.31. The first-order valence-corrected chi connectivity index (χ1v) is 21.1. The predicted octanol–water partition coefficient (Wildman–Crippen LogP) is 2.52. The van der Waals surface area contributed by atoms with Gasteiger partial charge in [0.15, 0.2) is 13.1 Å². The van der Waals surface area contributed by atoms with E-state index in [-0.39, 0.29) is 91.4 Å². The van der Waals surface area contributed by atoms with E-state index in [1.807, 2.05) is 53.5 Å². The topological polar surface area (TPSA) is 163 Å². The minimum atomic E-state index is -0.790. The van der Waals surface area contributed by atoms with Crippen LogP contribution in [0.2, 0.25) is 0 Å². The molecule has 2 saturated heterocycles. The summed E-state index contributed by atoms with van der Waals surface area (Å²) < 4.78 is 19.3. The van der Waals surface area contributed by atoms with E-state index >= 15 is 0 Å². The molecule has 0 aromatic heterocycles. The summed E-state index contributed by atoms with van der Waals surface area (Å²) in [7, 11) is 8.38. The van der Waals surface area contributed by atoms with Crippen molar-refractivity contribution in [3.8, 4) is 0 Å². The minimum Gasteiger partial charge on any atom is -0.379 e. The Balaban J connectivity index is 2.20. The summed E-state index contributed by atoms with van der Waals surface area (Å²) in [4.78, 5) is 98.4. The number of hydrogen-bond donors (Lipinski definition) is 2. The van der Waals surface area contributed by atoms with Crippen LogP contribution in [0.1, 0.15) is 95.3 Å². The number of rotatable bonds is 26. The van der Waals surface area contributed by atoms with Crippen molar-refractivity contribution in [1.82, 2.24) is 24.9 Å². The van der Waals surface area contributed by atoms with Gasteiger partial charge < -0.3 is 29.0 Å². The number of methoxy groups -OCH3 is 2. The van der Waals surface area contributed by atoms with Crippen LogP contribution in [-0.4, -0.2) is 164 Å². The average Bonchev–Trinajstić information content (AvgIpc) is 3.78. The predicted molar refractivity (Wildman–Crippen MR) is 224 cm³/mol. The van der Waals surface area contributed by atoms with Gasteiger partial charge in [0.05, 0.1) is 55.3 Å². The zero-order valence-electron chi connectivity index (χ0n) is 37.3. The first-order valence-electron chi connectivity index (χ1n) is 21.2. The van der Waals surface area contributed by atoms with Crippen molar-refractivity contribution in [3.05, 3.63) is 0 Å². The van der Waals surface area contributed by atoms with Crippen LogP contribution in [-0.2, 0) is 43.0 Å². The summed E-state index contributed by atoms with van der Waals surface area (Å²) >= 11 is 4.11. The van der Waals surface area contributed by atoms with Crippen LogP contribution >= 0.6 is 12.6 Å². The lowest BCUT2D eigenvalue weighted by atomic mass is 9.76. The number of likely N-dealkylation sites (tertiary alicyclic amines) is 2. The number of amides is 4. The molecule has 0 saturated carbocycles. The monoisotopic (exact) mass is 822 g/mol. The minimum absolute atomic E-state index is 0.000405. The number of carbonyl (C=O) groups excluding carboxylic acids is 7. The molecule has 2 aliphatic heterocycles. The second-order valence-corrected chi connectivity index (χ2v) is 17.0. The van der Waals surface area contributed by atoms with Gasteiger partial charge in [-0.2, -0.15) is 12.6 Å². The van der Waals surface area contributed by atoms with Crippen molar-refractivity contribution < 1.29 is 44.4 Å². The molecule has 0 spiro atoms. The van der Waals surface area contributed by atoms with E-state index in [2.05, 4.69) is 17.9 Å². The fourth-order valence-corrected chi connectivity index (χ4v) is 8.77. The smallest absolute Gasteiger partial charge is 0.246 e. The van der Waals surface area contributed by atoms with Crippen molar-refractivity contribution in [2.45, 2.75) is 136 Å². The molecule has 14 nitrogen and oxygen atoms in total. The Hall–Kier alpha value is -2.66. The number of aldehydes is 1. The molecule has 1 N–H and O–H groups in total. The Morgan fingerprint density at radius 1 is 1.05 bits per heavy atom. The molecular weight excluding hydrogens is 749 g/mol. The summed E-state index contributed by atoms with van der Waals surface area (Å²) in [6, 6.07) is -2.77. The molecule has 10 atom stereocenters. The van der Waals surface area contributed by atoms with Crippen LogP contribution in [0.4, 0.5) is 0 Å². The third-order valence-electron chi connectivity index (χ3n) is 12.1. The molecule has 1 unspecified atom stereocenters. The Morgan fingerprint density at radius 2 is 1.72 bits per heavy atom. The number of Topliss-reactive ketones (excluding diaryl/α,β-unsaturated/α-hetero) is 2. The standard InChI is InChI=1S/C41H71BN5O9S/c1-13-26(6)38(34(55-11)19-36(52)46-16-14-15-32(46)39(56-12)27(7)28(8)49)45(10)40(53)30(24(2)3)17-33(50)37(25(4)5)44(9)22-42-23-47-35(51)18-31(41(47)54)43-29(20-48)21-57/h20,24-27,29-32,34,37-39,43,57H,13-19,21-23H2,1-12H3/t26-,27-,29+,30-,31?,32-,34+,37-,38-,39+/m0/s1/i8D. The highest BCUT2D eigenvalue weighted by atomic mass is 32.1. The van der Waals surface area contributed by atoms with E-state index in [0.717, 1.165) is 11.3 Å². The van der Waals surface area contributed by atoms with Gasteiger partial charge in [0.25, 0.3) is 0 Å². The van der Waals surface area contributed by atoms with Gasteiger partial charge in [-0.15, -0.1) is 0 Å². The van der Waals surface area contributed by atoms with Gasteiger partial charge in [-0.1, -0.05) is 54.9 Å². The van der Waals surface area contributed by atoms with E-state index in [9.17, 15) is 33.6 Å². The SMILES string of the molecule is [2H]CC(=O)[C@H](C)[C@@H](OC)[C@@H]1CCCN1C(=O)C[C@@H](OC)[C@H]([C@@H](C)CC)N(C)C(=O)[C@@H](CC(=O)[C@H](C(C)C)N(C)C[B]CN1C(=O)CC(N[C@H](C=O)CS)C1=O)C(C)C.